The Bertz CT molecular complexity index is 626. The normalized spacial score (nSPS) is 20.4. The zero-order valence-corrected chi connectivity index (χ0v) is 17.1. The zero-order chi connectivity index (χ0) is 19.1. The van der Waals surface area contributed by atoms with Crippen LogP contribution in [0, 0.1) is 0 Å². The van der Waals surface area contributed by atoms with Gasteiger partial charge in [0.1, 0.15) is 11.6 Å². The molecule has 27 heavy (non-hydrogen) atoms. The van der Waals surface area contributed by atoms with Gasteiger partial charge in [-0.1, -0.05) is 0 Å². The first-order valence-electron chi connectivity index (χ1n) is 9.69. The molecule has 0 spiro atoms. The van der Waals surface area contributed by atoms with Gasteiger partial charge in [-0.25, -0.2) is 0 Å². The predicted molar refractivity (Wildman–Crippen MR) is 112 cm³/mol. The molecular weight excluding hydrogens is 364 g/mol. The maximum absolute atomic E-state index is 5.48. The maximum atomic E-state index is 5.48. The third kappa shape index (κ3) is 5.63. The number of anilines is 3. The van der Waals surface area contributed by atoms with Crippen LogP contribution in [0.25, 0.3) is 0 Å². The third-order valence-corrected chi connectivity index (χ3v) is 5.19. The van der Waals surface area contributed by atoms with Gasteiger partial charge in [-0.15, -0.1) is 0 Å². The van der Waals surface area contributed by atoms with E-state index in [-0.39, 0.29) is 0 Å². The van der Waals surface area contributed by atoms with Crippen molar-refractivity contribution in [1.82, 2.24) is 15.3 Å². The number of rotatable bonds is 6. The first-order valence-corrected chi connectivity index (χ1v) is 10.1. The number of morpholine rings is 1. The average molecular weight is 395 g/mol. The summed E-state index contributed by atoms with van der Waals surface area (Å²) in [5.74, 6) is 2.41. The molecule has 1 aromatic heterocycles. The maximum Gasteiger partial charge on any atom is 0.232 e. The van der Waals surface area contributed by atoms with Gasteiger partial charge in [0.15, 0.2) is 5.11 Å². The lowest BCUT2D eigenvalue weighted by Gasteiger charge is -2.35. The zero-order valence-electron chi connectivity index (χ0n) is 16.2. The van der Waals surface area contributed by atoms with E-state index in [4.69, 9.17) is 31.7 Å². The molecule has 8 nitrogen and oxygen atoms in total. The van der Waals surface area contributed by atoms with Gasteiger partial charge in [0.25, 0.3) is 0 Å². The topological polar surface area (TPSA) is 74.8 Å². The van der Waals surface area contributed by atoms with E-state index in [0.29, 0.717) is 30.3 Å². The molecule has 0 aromatic carbocycles. The van der Waals surface area contributed by atoms with Crippen molar-refractivity contribution >= 4 is 34.9 Å². The number of nitrogens with one attached hydrogen (secondary N) is 2. The van der Waals surface area contributed by atoms with E-state index in [2.05, 4.69) is 33.4 Å². The molecule has 2 fully saturated rings. The second-order valence-corrected chi connectivity index (χ2v) is 7.33. The van der Waals surface area contributed by atoms with Gasteiger partial charge in [-0.05, 0) is 38.4 Å². The largest absolute Gasteiger partial charge is 0.383 e. The summed E-state index contributed by atoms with van der Waals surface area (Å²) in [6.07, 6.45) is 3.66. The molecule has 0 saturated carbocycles. The highest BCUT2D eigenvalue weighted by Crippen LogP contribution is 2.27. The number of aromatic nitrogens is 2. The Morgan fingerprint density at radius 2 is 2.04 bits per heavy atom. The fourth-order valence-corrected chi connectivity index (χ4v) is 3.62. The number of hydrogen-bond acceptors (Lipinski definition) is 7. The molecule has 150 valence electrons. The molecule has 2 aliphatic heterocycles. The number of nitrogens with zero attached hydrogens (tertiary/aromatic N) is 4. The van der Waals surface area contributed by atoms with E-state index in [1.54, 1.807) is 7.11 Å². The second kappa shape index (κ2) is 10.0. The Morgan fingerprint density at radius 3 is 2.78 bits per heavy atom. The minimum atomic E-state index is 0.478. The number of thiocarbonyl (C=S) groups is 1. The van der Waals surface area contributed by atoms with Crippen LogP contribution in [-0.2, 0) is 9.47 Å². The third-order valence-electron chi connectivity index (χ3n) is 4.95. The van der Waals surface area contributed by atoms with Crippen LogP contribution < -0.4 is 20.4 Å². The fourth-order valence-electron chi connectivity index (χ4n) is 3.43. The van der Waals surface area contributed by atoms with Crippen molar-refractivity contribution < 1.29 is 9.47 Å². The predicted octanol–water partition coefficient (Wildman–Crippen LogP) is 1.62. The summed E-state index contributed by atoms with van der Waals surface area (Å²) in [7, 11) is 1.67. The summed E-state index contributed by atoms with van der Waals surface area (Å²) in [6.45, 7) is 7.63. The molecule has 1 atom stereocenters. The summed E-state index contributed by atoms with van der Waals surface area (Å²) in [4.78, 5) is 14.1. The highest BCUT2D eigenvalue weighted by molar-refractivity contribution is 7.80. The van der Waals surface area contributed by atoms with Crippen LogP contribution in [0.5, 0.6) is 0 Å². The molecule has 3 rings (SSSR count). The standard InChI is InChI=1S/C18H30N6O2S/c1-14-5-3-4-7-24(14)16-13-15(23-8-11-26-12-9-23)20-17(21-16)22-18(27)19-6-10-25-2/h13-14H,3-12H2,1-2H3,(H2,19,20,21,22,27)/t14-/m0/s1. The van der Waals surface area contributed by atoms with Gasteiger partial charge in [0.05, 0.1) is 19.8 Å². The molecule has 0 bridgehead atoms. The number of methoxy groups -OCH3 is 1. The van der Waals surface area contributed by atoms with E-state index in [9.17, 15) is 0 Å². The number of hydrogen-bond donors (Lipinski definition) is 2. The fraction of sp³-hybridized carbons (Fsp3) is 0.722. The Kier molecular flexibility index (Phi) is 7.42. The SMILES string of the molecule is COCCNC(=S)Nc1nc(N2CCOCC2)cc(N2CCCC[C@@H]2C)n1. The first-order chi connectivity index (χ1) is 13.2. The lowest BCUT2D eigenvalue weighted by atomic mass is 10.0. The Morgan fingerprint density at radius 1 is 1.26 bits per heavy atom. The van der Waals surface area contributed by atoms with Gasteiger partial charge in [-0.3, -0.25) is 0 Å². The van der Waals surface area contributed by atoms with E-state index >= 15 is 0 Å². The molecule has 0 unspecified atom stereocenters. The van der Waals surface area contributed by atoms with E-state index < -0.39 is 0 Å². The minimum absolute atomic E-state index is 0.478. The lowest BCUT2D eigenvalue weighted by molar-refractivity contribution is 0.122. The number of ether oxygens (including phenoxy) is 2. The molecule has 9 heteroatoms. The Labute approximate surface area is 166 Å². The van der Waals surface area contributed by atoms with Crippen LogP contribution in [0.15, 0.2) is 6.07 Å². The molecule has 2 N–H and O–H groups in total. The molecule has 3 heterocycles. The minimum Gasteiger partial charge on any atom is -0.383 e. The lowest BCUT2D eigenvalue weighted by Crippen LogP contribution is -2.40. The van der Waals surface area contributed by atoms with Crippen molar-refractivity contribution in [3.8, 4) is 0 Å². The molecule has 0 amide bonds. The summed E-state index contributed by atoms with van der Waals surface area (Å²) >= 11 is 5.37. The molecule has 0 aliphatic carbocycles. The summed E-state index contributed by atoms with van der Waals surface area (Å²) in [5.41, 5.74) is 0. The Balaban J connectivity index is 1.80. The summed E-state index contributed by atoms with van der Waals surface area (Å²) in [5, 5.41) is 6.74. The summed E-state index contributed by atoms with van der Waals surface area (Å²) in [6, 6.07) is 2.57. The van der Waals surface area contributed by atoms with E-state index in [1.807, 2.05) is 0 Å². The van der Waals surface area contributed by atoms with E-state index in [0.717, 1.165) is 44.5 Å². The monoisotopic (exact) mass is 394 g/mol. The second-order valence-electron chi connectivity index (χ2n) is 6.92. The van der Waals surface area contributed by atoms with Crippen molar-refractivity contribution in [2.45, 2.75) is 32.2 Å². The highest BCUT2D eigenvalue weighted by Gasteiger charge is 2.23. The van der Waals surface area contributed by atoms with Crippen LogP contribution >= 0.6 is 12.2 Å². The van der Waals surface area contributed by atoms with Crippen LogP contribution in [0.2, 0.25) is 0 Å². The Hall–Kier alpha value is -1.71. The number of piperidine rings is 1. The molecule has 0 radical (unpaired) electrons. The van der Waals surface area contributed by atoms with Crippen LogP contribution in [-0.4, -0.2) is 74.2 Å². The molecular formula is C18H30N6O2S. The van der Waals surface area contributed by atoms with Crippen LogP contribution in [0.3, 0.4) is 0 Å². The van der Waals surface area contributed by atoms with Crippen molar-refractivity contribution in [1.29, 1.82) is 0 Å². The smallest absolute Gasteiger partial charge is 0.232 e. The van der Waals surface area contributed by atoms with Crippen LogP contribution in [0.4, 0.5) is 17.6 Å². The van der Waals surface area contributed by atoms with Crippen LogP contribution in [0.1, 0.15) is 26.2 Å². The van der Waals surface area contributed by atoms with E-state index in [1.165, 1.54) is 19.3 Å². The van der Waals surface area contributed by atoms with Gasteiger partial charge in [-0.2, -0.15) is 9.97 Å². The first kappa shape index (κ1) is 20.0. The van der Waals surface area contributed by atoms with Crippen molar-refractivity contribution in [3.05, 3.63) is 6.07 Å². The van der Waals surface area contributed by atoms with Gasteiger partial charge in [0, 0.05) is 45.4 Å². The quantitative estimate of drug-likeness (QED) is 0.553. The highest BCUT2D eigenvalue weighted by atomic mass is 32.1. The molecule has 2 aliphatic rings. The van der Waals surface area contributed by atoms with Crippen molar-refractivity contribution in [2.24, 2.45) is 0 Å². The van der Waals surface area contributed by atoms with Gasteiger partial charge >= 0.3 is 0 Å². The average Bonchev–Trinajstić information content (AvgIpc) is 2.69. The van der Waals surface area contributed by atoms with Gasteiger partial charge in [0.2, 0.25) is 5.95 Å². The van der Waals surface area contributed by atoms with Crippen molar-refractivity contribution in [3.63, 3.8) is 0 Å². The van der Waals surface area contributed by atoms with Crippen molar-refractivity contribution in [2.75, 3.05) is 68.2 Å². The molecule has 2 saturated heterocycles. The summed E-state index contributed by atoms with van der Waals surface area (Å²) < 4.78 is 10.5. The molecule has 1 aromatic rings. The van der Waals surface area contributed by atoms with Gasteiger partial charge < -0.3 is 29.9 Å².